The quantitative estimate of drug-likeness (QED) is 0.593. The summed E-state index contributed by atoms with van der Waals surface area (Å²) in [6, 6.07) is 8.26. The molecule has 8 nitrogen and oxygen atoms in total. The molecular formula is C20H23N3O5S. The zero-order chi connectivity index (χ0) is 21.5. The molecule has 0 aliphatic rings. The summed E-state index contributed by atoms with van der Waals surface area (Å²) in [5, 5.41) is 0. The Morgan fingerprint density at radius 2 is 1.72 bits per heavy atom. The molecule has 0 bridgehead atoms. The molecule has 0 spiro atoms. The molecule has 0 unspecified atom stereocenters. The number of sulfonamides is 1. The molecule has 0 saturated carbocycles. The molecule has 1 heterocycles. The van der Waals surface area contributed by atoms with Gasteiger partial charge in [-0.3, -0.25) is 0 Å². The highest BCUT2D eigenvalue weighted by molar-refractivity contribution is 7.92. The van der Waals surface area contributed by atoms with Crippen molar-refractivity contribution in [1.82, 2.24) is 9.55 Å². The number of carbonyl (C=O) groups excluding carboxylic acids is 1. The molecule has 1 aromatic heterocycles. The lowest BCUT2D eigenvalue weighted by Gasteiger charge is -2.21. The number of anilines is 1. The van der Waals surface area contributed by atoms with Crippen LogP contribution in [0.1, 0.15) is 21.5 Å². The van der Waals surface area contributed by atoms with Crippen molar-refractivity contribution >= 4 is 33.0 Å². The van der Waals surface area contributed by atoms with Crippen molar-refractivity contribution in [2.45, 2.75) is 18.7 Å². The van der Waals surface area contributed by atoms with Gasteiger partial charge in [-0.15, -0.1) is 0 Å². The van der Waals surface area contributed by atoms with E-state index in [1.807, 2.05) is 0 Å². The van der Waals surface area contributed by atoms with Gasteiger partial charge in [0.25, 0.3) is 10.0 Å². The van der Waals surface area contributed by atoms with E-state index in [0.29, 0.717) is 33.5 Å². The summed E-state index contributed by atoms with van der Waals surface area (Å²) in [5.74, 6) is 0.358. The van der Waals surface area contributed by atoms with Crippen molar-refractivity contribution in [2.75, 3.05) is 25.6 Å². The number of ether oxygens (including phenoxy) is 2. The van der Waals surface area contributed by atoms with Gasteiger partial charge in [-0.2, -0.15) is 0 Å². The Labute approximate surface area is 169 Å². The first-order valence-corrected chi connectivity index (χ1v) is 10.2. The number of carbonyl (C=O) groups is 1. The summed E-state index contributed by atoms with van der Waals surface area (Å²) >= 11 is 0. The molecule has 29 heavy (non-hydrogen) atoms. The lowest BCUT2D eigenvalue weighted by Crippen LogP contribution is -2.30. The average molecular weight is 417 g/mol. The van der Waals surface area contributed by atoms with E-state index in [4.69, 9.17) is 9.47 Å². The molecule has 3 rings (SSSR count). The molecule has 0 radical (unpaired) electrons. The zero-order valence-electron chi connectivity index (χ0n) is 17.2. The topological polar surface area (TPSA) is 90.7 Å². The molecule has 0 N–H and O–H groups in total. The van der Waals surface area contributed by atoms with Crippen LogP contribution >= 0.6 is 0 Å². The molecule has 0 atom stereocenters. The summed E-state index contributed by atoms with van der Waals surface area (Å²) in [6.45, 7) is 3.46. The minimum absolute atomic E-state index is 0.211. The summed E-state index contributed by atoms with van der Waals surface area (Å²) in [6.07, 6.45) is 0. The van der Waals surface area contributed by atoms with Gasteiger partial charge in [-0.25, -0.2) is 22.5 Å². The molecule has 3 aromatic rings. The van der Waals surface area contributed by atoms with Crippen molar-refractivity contribution < 1.29 is 22.7 Å². The Hall–Kier alpha value is -3.07. The first-order valence-electron chi connectivity index (χ1n) is 8.80. The van der Waals surface area contributed by atoms with E-state index in [1.54, 1.807) is 55.8 Å². The zero-order valence-corrected chi connectivity index (χ0v) is 18.0. The van der Waals surface area contributed by atoms with Crippen LogP contribution in [0.5, 0.6) is 5.75 Å². The highest BCUT2D eigenvalue weighted by Gasteiger charge is 2.29. The Morgan fingerprint density at radius 3 is 2.28 bits per heavy atom. The van der Waals surface area contributed by atoms with Crippen LogP contribution in [0.3, 0.4) is 0 Å². The van der Waals surface area contributed by atoms with Gasteiger partial charge in [0.1, 0.15) is 5.75 Å². The van der Waals surface area contributed by atoms with Crippen LogP contribution in [-0.2, 0) is 21.8 Å². The first kappa shape index (κ1) is 20.7. The van der Waals surface area contributed by atoms with Crippen molar-refractivity contribution in [3.8, 4) is 5.75 Å². The Morgan fingerprint density at radius 1 is 1.10 bits per heavy atom. The maximum atomic E-state index is 13.4. The monoisotopic (exact) mass is 417 g/mol. The van der Waals surface area contributed by atoms with Gasteiger partial charge in [0, 0.05) is 14.1 Å². The molecular weight excluding hydrogens is 394 g/mol. The summed E-state index contributed by atoms with van der Waals surface area (Å²) in [5.41, 5.74) is 2.72. The van der Waals surface area contributed by atoms with Crippen LogP contribution in [0.2, 0.25) is 0 Å². The number of aryl methyl sites for hydroxylation is 3. The predicted octanol–water partition coefficient (Wildman–Crippen LogP) is 2.81. The van der Waals surface area contributed by atoms with Crippen LogP contribution in [0.25, 0.3) is 11.0 Å². The second kappa shape index (κ2) is 7.40. The van der Waals surface area contributed by atoms with Crippen LogP contribution in [0.4, 0.5) is 5.95 Å². The van der Waals surface area contributed by atoms with Gasteiger partial charge in [0.15, 0.2) is 0 Å². The van der Waals surface area contributed by atoms with E-state index in [2.05, 4.69) is 4.98 Å². The Bertz CT molecular complexity index is 1190. The lowest BCUT2D eigenvalue weighted by molar-refractivity contribution is 0.0601. The lowest BCUT2D eigenvalue weighted by atomic mass is 10.1. The normalized spacial score (nSPS) is 11.5. The molecule has 9 heteroatoms. The average Bonchev–Trinajstić information content (AvgIpc) is 3.01. The van der Waals surface area contributed by atoms with E-state index in [1.165, 1.54) is 21.3 Å². The van der Waals surface area contributed by atoms with Crippen molar-refractivity contribution in [1.29, 1.82) is 0 Å². The number of hydrogen-bond acceptors (Lipinski definition) is 6. The van der Waals surface area contributed by atoms with Crippen LogP contribution in [0, 0.1) is 13.8 Å². The SMILES string of the molecule is COC(=O)c1ccc2nc(N(C)S(=O)(=O)c3c(C)cc(OC)cc3C)n(C)c2c1. The minimum Gasteiger partial charge on any atom is -0.497 e. The fraction of sp³-hybridized carbons (Fsp3) is 0.300. The maximum Gasteiger partial charge on any atom is 0.337 e. The standard InChI is InChI=1S/C20H23N3O5S/c1-12-9-15(27-5)10-13(2)18(12)29(25,26)23(4)20-21-16-8-7-14(19(24)28-6)11-17(16)22(20)3/h7-11H,1-6H3. The molecule has 154 valence electrons. The second-order valence-electron chi connectivity index (χ2n) is 6.73. The van der Waals surface area contributed by atoms with Gasteiger partial charge < -0.3 is 14.0 Å². The third-order valence-corrected chi connectivity index (χ3v) is 6.89. The van der Waals surface area contributed by atoms with Crippen molar-refractivity contribution in [3.63, 3.8) is 0 Å². The van der Waals surface area contributed by atoms with Crippen LogP contribution < -0.4 is 9.04 Å². The van der Waals surface area contributed by atoms with Gasteiger partial charge in [-0.1, -0.05) is 0 Å². The Kier molecular flexibility index (Phi) is 5.27. The fourth-order valence-corrected chi connectivity index (χ4v) is 4.97. The summed E-state index contributed by atoms with van der Waals surface area (Å²) in [4.78, 5) is 16.5. The van der Waals surface area contributed by atoms with Crippen molar-refractivity contribution in [3.05, 3.63) is 47.0 Å². The minimum atomic E-state index is -3.88. The van der Waals surface area contributed by atoms with Crippen molar-refractivity contribution in [2.24, 2.45) is 7.05 Å². The van der Waals surface area contributed by atoms with Gasteiger partial charge in [-0.05, 0) is 55.3 Å². The fourth-order valence-electron chi connectivity index (χ4n) is 3.38. The maximum absolute atomic E-state index is 13.4. The number of esters is 1. The van der Waals surface area contributed by atoms with Gasteiger partial charge in [0.2, 0.25) is 5.95 Å². The second-order valence-corrected chi connectivity index (χ2v) is 8.63. The Balaban J connectivity index is 2.13. The van der Waals surface area contributed by atoms with E-state index >= 15 is 0 Å². The number of rotatable bonds is 5. The molecule has 0 saturated heterocycles. The number of methoxy groups -OCH3 is 2. The molecule has 0 aliphatic heterocycles. The number of benzene rings is 2. The van der Waals surface area contributed by atoms with Crippen LogP contribution in [-0.4, -0.2) is 45.2 Å². The molecule has 0 fully saturated rings. The predicted molar refractivity (Wildman–Crippen MR) is 110 cm³/mol. The number of aromatic nitrogens is 2. The highest BCUT2D eigenvalue weighted by Crippen LogP contribution is 2.31. The largest absolute Gasteiger partial charge is 0.497 e. The van der Waals surface area contributed by atoms with Crippen LogP contribution in [0.15, 0.2) is 35.2 Å². The smallest absolute Gasteiger partial charge is 0.337 e. The molecule has 0 aliphatic carbocycles. The van der Waals surface area contributed by atoms with Gasteiger partial charge >= 0.3 is 5.97 Å². The third-order valence-electron chi connectivity index (χ3n) is 4.85. The molecule has 0 amide bonds. The number of hydrogen-bond donors (Lipinski definition) is 0. The highest BCUT2D eigenvalue weighted by atomic mass is 32.2. The van der Waals surface area contributed by atoms with E-state index < -0.39 is 16.0 Å². The number of nitrogens with zero attached hydrogens (tertiary/aromatic N) is 3. The molecule has 2 aromatic carbocycles. The summed E-state index contributed by atoms with van der Waals surface area (Å²) < 4.78 is 39.5. The van der Waals surface area contributed by atoms with E-state index in [0.717, 1.165) is 4.31 Å². The summed E-state index contributed by atoms with van der Waals surface area (Å²) in [7, 11) is 2.13. The number of fused-ring (bicyclic) bond motifs is 1. The van der Waals surface area contributed by atoms with Gasteiger partial charge in [0.05, 0.1) is 35.7 Å². The number of imidazole rings is 1. The third kappa shape index (κ3) is 3.42. The van der Waals surface area contributed by atoms with E-state index in [9.17, 15) is 13.2 Å². The van der Waals surface area contributed by atoms with E-state index in [-0.39, 0.29) is 10.8 Å². The first-order chi connectivity index (χ1) is 13.6.